The molecule has 0 aromatic carbocycles. The highest BCUT2D eigenvalue weighted by Crippen LogP contribution is 2.40. The van der Waals surface area contributed by atoms with Crippen LogP contribution in [-0.4, -0.2) is 18.1 Å². The van der Waals surface area contributed by atoms with Crippen molar-refractivity contribution in [2.45, 2.75) is 37.8 Å². The van der Waals surface area contributed by atoms with Gasteiger partial charge in [-0.3, -0.25) is 0 Å². The van der Waals surface area contributed by atoms with Crippen LogP contribution in [0.5, 0.6) is 0 Å². The monoisotopic (exact) mass is 140 g/mol. The summed E-state index contributed by atoms with van der Waals surface area (Å²) in [4.78, 5) is 0. The van der Waals surface area contributed by atoms with Crippen LogP contribution >= 0.6 is 0 Å². The summed E-state index contributed by atoms with van der Waals surface area (Å²) in [7, 11) is 0. The molecule has 3 N–H and O–H groups in total. The Balaban J connectivity index is 2.14. The quantitative estimate of drug-likeness (QED) is 0.556. The molecule has 0 spiro atoms. The zero-order valence-corrected chi connectivity index (χ0v) is 6.56. The van der Waals surface area contributed by atoms with Gasteiger partial charge in [-0.15, -0.1) is 0 Å². The van der Waals surface area contributed by atoms with Crippen molar-refractivity contribution in [1.82, 2.24) is 5.32 Å². The summed E-state index contributed by atoms with van der Waals surface area (Å²) in [5.74, 6) is 0.778. The van der Waals surface area contributed by atoms with E-state index in [2.05, 4.69) is 12.2 Å². The second-order valence-electron chi connectivity index (χ2n) is 3.85. The minimum atomic E-state index is 0.448. The van der Waals surface area contributed by atoms with Gasteiger partial charge in [-0.05, 0) is 25.2 Å². The molecule has 10 heavy (non-hydrogen) atoms. The Bertz CT molecular complexity index is 142. The van der Waals surface area contributed by atoms with Crippen molar-refractivity contribution in [2.75, 3.05) is 6.54 Å². The Kier molecular flexibility index (Phi) is 1.29. The van der Waals surface area contributed by atoms with E-state index >= 15 is 0 Å². The molecule has 2 bridgehead atoms. The molecule has 1 heterocycles. The van der Waals surface area contributed by atoms with E-state index in [-0.39, 0.29) is 0 Å². The van der Waals surface area contributed by atoms with E-state index in [1.807, 2.05) is 0 Å². The molecule has 0 aromatic heterocycles. The normalized spacial score (nSPS) is 52.2. The molecule has 2 aliphatic rings. The van der Waals surface area contributed by atoms with Gasteiger partial charge in [-0.2, -0.15) is 0 Å². The fraction of sp³-hybridized carbons (Fsp3) is 1.00. The lowest BCUT2D eigenvalue weighted by atomic mass is 9.95. The van der Waals surface area contributed by atoms with Crippen molar-refractivity contribution in [3.05, 3.63) is 0 Å². The molecule has 1 aliphatic carbocycles. The van der Waals surface area contributed by atoms with Gasteiger partial charge >= 0.3 is 0 Å². The Hall–Kier alpha value is -0.0800. The first-order valence-electron chi connectivity index (χ1n) is 4.26. The van der Waals surface area contributed by atoms with Crippen LogP contribution in [0.3, 0.4) is 0 Å². The Morgan fingerprint density at radius 1 is 1.60 bits per heavy atom. The molecule has 0 unspecified atom stereocenters. The van der Waals surface area contributed by atoms with E-state index in [4.69, 9.17) is 5.73 Å². The predicted molar refractivity (Wildman–Crippen MR) is 41.7 cm³/mol. The van der Waals surface area contributed by atoms with Gasteiger partial charge in [0.2, 0.25) is 0 Å². The third-order valence-electron chi connectivity index (χ3n) is 3.30. The third-order valence-corrected chi connectivity index (χ3v) is 3.30. The summed E-state index contributed by atoms with van der Waals surface area (Å²) < 4.78 is 0. The maximum Gasteiger partial charge on any atom is 0.0197 e. The first kappa shape index (κ1) is 6.62. The molecular weight excluding hydrogens is 124 g/mol. The predicted octanol–water partition coefficient (Wildman–Crippen LogP) is 0.476. The van der Waals surface area contributed by atoms with E-state index in [1.54, 1.807) is 0 Å². The van der Waals surface area contributed by atoms with Crippen LogP contribution in [0.2, 0.25) is 0 Å². The molecule has 0 amide bonds. The smallest absolute Gasteiger partial charge is 0.0197 e. The highest BCUT2D eigenvalue weighted by Gasteiger charge is 2.47. The summed E-state index contributed by atoms with van der Waals surface area (Å²) in [6, 6.07) is 0.487. The van der Waals surface area contributed by atoms with Crippen LogP contribution < -0.4 is 11.1 Å². The fourth-order valence-electron chi connectivity index (χ4n) is 2.48. The summed E-state index contributed by atoms with van der Waals surface area (Å²) in [5, 5.41) is 3.57. The average molecular weight is 140 g/mol. The SMILES string of the molecule is CC[C@]12C[C@H](CN1)[C@H](N)C2. The van der Waals surface area contributed by atoms with Crippen molar-refractivity contribution >= 4 is 0 Å². The topological polar surface area (TPSA) is 38.0 Å². The van der Waals surface area contributed by atoms with Gasteiger partial charge in [0.25, 0.3) is 0 Å². The van der Waals surface area contributed by atoms with Gasteiger partial charge in [-0.25, -0.2) is 0 Å². The van der Waals surface area contributed by atoms with Gasteiger partial charge in [0.15, 0.2) is 0 Å². The second kappa shape index (κ2) is 1.95. The third kappa shape index (κ3) is 0.722. The highest BCUT2D eigenvalue weighted by atomic mass is 15.1. The lowest BCUT2D eigenvalue weighted by Crippen LogP contribution is -2.45. The van der Waals surface area contributed by atoms with Crippen molar-refractivity contribution in [2.24, 2.45) is 11.7 Å². The largest absolute Gasteiger partial charge is 0.327 e. The van der Waals surface area contributed by atoms with E-state index in [9.17, 15) is 0 Å². The molecule has 2 heteroatoms. The molecule has 1 saturated heterocycles. The van der Waals surface area contributed by atoms with Crippen LogP contribution in [0, 0.1) is 5.92 Å². The van der Waals surface area contributed by atoms with Crippen LogP contribution in [0.1, 0.15) is 26.2 Å². The maximum atomic E-state index is 5.94. The first-order valence-corrected chi connectivity index (χ1v) is 4.26. The number of hydrogen-bond acceptors (Lipinski definition) is 2. The number of nitrogens with one attached hydrogen (secondary N) is 1. The fourth-order valence-corrected chi connectivity index (χ4v) is 2.48. The van der Waals surface area contributed by atoms with Gasteiger partial charge in [0.1, 0.15) is 0 Å². The molecule has 1 aliphatic heterocycles. The van der Waals surface area contributed by atoms with E-state index in [0.29, 0.717) is 11.6 Å². The molecule has 0 aromatic rings. The number of rotatable bonds is 1. The molecule has 3 atom stereocenters. The van der Waals surface area contributed by atoms with Gasteiger partial charge < -0.3 is 11.1 Å². The summed E-state index contributed by atoms with van der Waals surface area (Å²) in [6.45, 7) is 3.42. The Morgan fingerprint density at radius 3 is 2.70 bits per heavy atom. The summed E-state index contributed by atoms with van der Waals surface area (Å²) in [6.07, 6.45) is 3.77. The number of nitrogens with two attached hydrogens (primary N) is 1. The Morgan fingerprint density at radius 2 is 2.40 bits per heavy atom. The lowest BCUT2D eigenvalue weighted by Gasteiger charge is -2.28. The summed E-state index contributed by atoms with van der Waals surface area (Å²) in [5.41, 5.74) is 6.39. The van der Waals surface area contributed by atoms with Gasteiger partial charge in [0, 0.05) is 18.1 Å². The highest BCUT2D eigenvalue weighted by molar-refractivity contribution is 5.07. The molecule has 1 saturated carbocycles. The van der Waals surface area contributed by atoms with Gasteiger partial charge in [0.05, 0.1) is 0 Å². The van der Waals surface area contributed by atoms with Crippen molar-refractivity contribution in [1.29, 1.82) is 0 Å². The standard InChI is InChI=1S/C8H16N2/c1-2-8-3-6(5-10-8)7(9)4-8/h6-7,10H,2-5,9H2,1H3/t6-,7-,8-/m1/s1. The van der Waals surface area contributed by atoms with E-state index < -0.39 is 0 Å². The molecule has 0 radical (unpaired) electrons. The molecule has 58 valence electrons. The number of hydrogen-bond donors (Lipinski definition) is 2. The van der Waals surface area contributed by atoms with Crippen LogP contribution in [0.25, 0.3) is 0 Å². The first-order chi connectivity index (χ1) is 4.76. The molecule has 2 fully saturated rings. The summed E-state index contributed by atoms with van der Waals surface area (Å²) >= 11 is 0. The number of piperidine rings is 1. The zero-order valence-electron chi connectivity index (χ0n) is 6.56. The average Bonchev–Trinajstić information content (AvgIpc) is 2.45. The van der Waals surface area contributed by atoms with Crippen LogP contribution in [-0.2, 0) is 0 Å². The van der Waals surface area contributed by atoms with Crippen molar-refractivity contribution < 1.29 is 0 Å². The maximum absolute atomic E-state index is 5.94. The van der Waals surface area contributed by atoms with Gasteiger partial charge in [-0.1, -0.05) is 6.92 Å². The zero-order chi connectivity index (χ0) is 7.19. The van der Waals surface area contributed by atoms with E-state index in [1.165, 1.54) is 19.3 Å². The van der Waals surface area contributed by atoms with E-state index in [0.717, 1.165) is 12.5 Å². The van der Waals surface area contributed by atoms with Crippen LogP contribution in [0.15, 0.2) is 0 Å². The number of fused-ring (bicyclic) bond motifs is 2. The Labute approximate surface area is 62.2 Å². The van der Waals surface area contributed by atoms with Crippen molar-refractivity contribution in [3.63, 3.8) is 0 Å². The minimum Gasteiger partial charge on any atom is -0.327 e. The minimum absolute atomic E-state index is 0.448. The second-order valence-corrected chi connectivity index (χ2v) is 3.85. The lowest BCUT2D eigenvalue weighted by molar-refractivity contribution is 0.329. The van der Waals surface area contributed by atoms with Crippen LogP contribution in [0.4, 0.5) is 0 Å². The van der Waals surface area contributed by atoms with Crippen molar-refractivity contribution in [3.8, 4) is 0 Å². The molecule has 2 rings (SSSR count). The molecule has 2 nitrogen and oxygen atoms in total. The molecular formula is C8H16N2.